The molecule has 1 aromatic carbocycles. The number of carbonyl (C=O) groups excluding carboxylic acids is 1. The minimum atomic E-state index is -0.234. The summed E-state index contributed by atoms with van der Waals surface area (Å²) in [7, 11) is 0. The third-order valence-electron chi connectivity index (χ3n) is 4.54. The van der Waals surface area contributed by atoms with Gasteiger partial charge in [-0.3, -0.25) is 9.69 Å². The van der Waals surface area contributed by atoms with Gasteiger partial charge >= 0.3 is 0 Å². The molecule has 1 aliphatic heterocycles. The molecule has 5 nitrogen and oxygen atoms in total. The molecule has 3 N–H and O–H groups in total. The van der Waals surface area contributed by atoms with Gasteiger partial charge in [0.2, 0.25) is 0 Å². The van der Waals surface area contributed by atoms with Gasteiger partial charge in [0.05, 0.1) is 18.2 Å². The van der Waals surface area contributed by atoms with Crippen LogP contribution in [-0.4, -0.2) is 51.7 Å². The summed E-state index contributed by atoms with van der Waals surface area (Å²) >= 11 is 0. The van der Waals surface area contributed by atoms with Crippen LogP contribution in [0.1, 0.15) is 23.2 Å². The Morgan fingerprint density at radius 2 is 2.05 bits per heavy atom. The normalized spacial score (nSPS) is 29.6. The summed E-state index contributed by atoms with van der Waals surface area (Å²) in [6, 6.07) is 4.02. The Kier molecular flexibility index (Phi) is 3.40. The molecule has 108 valence electrons. The number of rotatable bonds is 3. The summed E-state index contributed by atoms with van der Waals surface area (Å²) in [5, 5.41) is 28.8. The van der Waals surface area contributed by atoms with Crippen LogP contribution in [0.4, 0.5) is 0 Å². The fourth-order valence-electron chi connectivity index (χ4n) is 3.50. The lowest BCUT2D eigenvalue weighted by atomic mass is 10.00. The number of ketones is 1. The first-order chi connectivity index (χ1) is 9.54. The van der Waals surface area contributed by atoms with E-state index in [1.54, 1.807) is 0 Å². The van der Waals surface area contributed by atoms with Crippen LogP contribution in [0.5, 0.6) is 11.5 Å². The first-order valence-corrected chi connectivity index (χ1v) is 7.00. The van der Waals surface area contributed by atoms with E-state index in [1.165, 1.54) is 18.2 Å². The molecule has 1 aromatic rings. The second-order valence-corrected chi connectivity index (χ2v) is 5.89. The maximum absolute atomic E-state index is 12.2. The molecule has 2 aliphatic rings. The van der Waals surface area contributed by atoms with Gasteiger partial charge in [-0.05, 0) is 30.9 Å². The topological polar surface area (TPSA) is 81.0 Å². The number of benzene rings is 1. The highest BCUT2D eigenvalue weighted by molar-refractivity contribution is 6.00. The van der Waals surface area contributed by atoms with Gasteiger partial charge < -0.3 is 15.3 Å². The van der Waals surface area contributed by atoms with Crippen LogP contribution in [0.25, 0.3) is 0 Å². The van der Waals surface area contributed by atoms with Crippen molar-refractivity contribution in [3.63, 3.8) is 0 Å². The van der Waals surface area contributed by atoms with E-state index in [0.29, 0.717) is 5.92 Å². The Bertz CT molecular complexity index is 531. The third kappa shape index (κ3) is 2.39. The Morgan fingerprint density at radius 3 is 2.75 bits per heavy atom. The fraction of sp³-hybridized carbons (Fsp3) is 0.533. The molecular weight excluding hydrogens is 258 g/mol. The summed E-state index contributed by atoms with van der Waals surface area (Å²) in [6.45, 7) is 1.83. The number of Topliss-reactive ketones (excluding diaryl/α,β-unsaturated/α-hetero) is 1. The van der Waals surface area contributed by atoms with Gasteiger partial charge in [0.1, 0.15) is 11.5 Å². The lowest BCUT2D eigenvalue weighted by Gasteiger charge is -2.17. The Morgan fingerprint density at radius 1 is 1.25 bits per heavy atom. The molecule has 1 aliphatic carbocycles. The zero-order chi connectivity index (χ0) is 14.3. The monoisotopic (exact) mass is 277 g/mol. The Balaban J connectivity index is 1.65. The second-order valence-electron chi connectivity index (χ2n) is 5.89. The summed E-state index contributed by atoms with van der Waals surface area (Å²) in [5.74, 6) is 0.381. The molecule has 20 heavy (non-hydrogen) atoms. The van der Waals surface area contributed by atoms with Gasteiger partial charge in [-0.15, -0.1) is 0 Å². The summed E-state index contributed by atoms with van der Waals surface area (Å²) in [5.41, 5.74) is 0.236. The van der Waals surface area contributed by atoms with Gasteiger partial charge in [0.25, 0.3) is 0 Å². The number of hydrogen-bond acceptors (Lipinski definition) is 5. The lowest BCUT2D eigenvalue weighted by Crippen LogP contribution is -2.30. The number of aliphatic hydroxyl groups is 1. The number of carbonyl (C=O) groups is 1. The number of hydrogen-bond donors (Lipinski definition) is 3. The summed E-state index contributed by atoms with van der Waals surface area (Å²) in [6.07, 6.45) is 1.67. The van der Waals surface area contributed by atoms with Crippen molar-refractivity contribution in [3.8, 4) is 11.5 Å². The number of fused-ring (bicyclic) bond motifs is 1. The SMILES string of the molecule is O=C(CN1CC2CCC(O)C2C1)c1ccc(O)cc1O. The van der Waals surface area contributed by atoms with E-state index < -0.39 is 0 Å². The van der Waals surface area contributed by atoms with E-state index in [1.807, 2.05) is 4.90 Å². The molecule has 3 atom stereocenters. The number of aromatic hydroxyl groups is 2. The van der Waals surface area contributed by atoms with Crippen molar-refractivity contribution in [1.82, 2.24) is 4.90 Å². The summed E-state index contributed by atoms with van der Waals surface area (Å²) < 4.78 is 0. The number of likely N-dealkylation sites (tertiary alicyclic amines) is 1. The highest BCUT2D eigenvalue weighted by Crippen LogP contribution is 2.38. The maximum atomic E-state index is 12.2. The number of phenols is 2. The van der Waals surface area contributed by atoms with E-state index in [0.717, 1.165) is 25.9 Å². The fourth-order valence-corrected chi connectivity index (χ4v) is 3.50. The smallest absolute Gasteiger partial charge is 0.180 e. The van der Waals surface area contributed by atoms with Gasteiger partial charge in [0, 0.05) is 25.1 Å². The summed E-state index contributed by atoms with van der Waals surface area (Å²) in [4.78, 5) is 14.2. The van der Waals surface area contributed by atoms with Crippen LogP contribution in [0, 0.1) is 11.8 Å². The highest BCUT2D eigenvalue weighted by Gasteiger charge is 2.42. The molecule has 0 bridgehead atoms. The average Bonchev–Trinajstić information content (AvgIpc) is 2.91. The molecule has 0 spiro atoms. The molecule has 0 amide bonds. The molecule has 1 saturated carbocycles. The van der Waals surface area contributed by atoms with Crippen molar-refractivity contribution in [3.05, 3.63) is 23.8 Å². The van der Waals surface area contributed by atoms with Crippen molar-refractivity contribution < 1.29 is 20.1 Å². The first kappa shape index (κ1) is 13.4. The van der Waals surface area contributed by atoms with E-state index in [9.17, 15) is 20.1 Å². The van der Waals surface area contributed by atoms with E-state index >= 15 is 0 Å². The molecule has 5 heteroatoms. The Hall–Kier alpha value is -1.59. The molecule has 3 unspecified atom stereocenters. The van der Waals surface area contributed by atoms with Crippen LogP contribution >= 0.6 is 0 Å². The minimum absolute atomic E-state index is 0.0575. The third-order valence-corrected chi connectivity index (χ3v) is 4.54. The van der Waals surface area contributed by atoms with Crippen LogP contribution in [-0.2, 0) is 0 Å². The largest absolute Gasteiger partial charge is 0.508 e. The van der Waals surface area contributed by atoms with Gasteiger partial charge in [-0.25, -0.2) is 0 Å². The van der Waals surface area contributed by atoms with Crippen LogP contribution in [0.3, 0.4) is 0 Å². The van der Waals surface area contributed by atoms with E-state index in [2.05, 4.69) is 0 Å². The first-order valence-electron chi connectivity index (χ1n) is 7.00. The minimum Gasteiger partial charge on any atom is -0.508 e. The molecule has 2 fully saturated rings. The average molecular weight is 277 g/mol. The quantitative estimate of drug-likeness (QED) is 0.718. The number of nitrogens with zero attached hydrogens (tertiary/aromatic N) is 1. The van der Waals surface area contributed by atoms with Crippen LogP contribution in [0.15, 0.2) is 18.2 Å². The van der Waals surface area contributed by atoms with Crippen molar-refractivity contribution in [1.29, 1.82) is 0 Å². The number of aliphatic hydroxyl groups excluding tert-OH is 1. The predicted molar refractivity (Wildman–Crippen MR) is 72.8 cm³/mol. The molecule has 3 rings (SSSR count). The van der Waals surface area contributed by atoms with Crippen LogP contribution < -0.4 is 0 Å². The maximum Gasteiger partial charge on any atom is 0.180 e. The van der Waals surface area contributed by atoms with Crippen molar-refractivity contribution in [2.24, 2.45) is 11.8 Å². The molecule has 1 heterocycles. The van der Waals surface area contributed by atoms with Gasteiger partial charge in [-0.2, -0.15) is 0 Å². The van der Waals surface area contributed by atoms with Crippen LogP contribution in [0.2, 0.25) is 0 Å². The predicted octanol–water partition coefficient (Wildman–Crippen LogP) is 0.983. The Labute approximate surface area is 117 Å². The van der Waals surface area contributed by atoms with Crippen molar-refractivity contribution >= 4 is 5.78 Å². The van der Waals surface area contributed by atoms with Gasteiger partial charge in [0.15, 0.2) is 5.78 Å². The number of phenolic OH excluding ortho intramolecular Hbond substituents is 2. The lowest BCUT2D eigenvalue weighted by molar-refractivity contribution is 0.0917. The van der Waals surface area contributed by atoms with Gasteiger partial charge in [-0.1, -0.05) is 0 Å². The molecular formula is C15H19NO4. The van der Waals surface area contributed by atoms with Crippen molar-refractivity contribution in [2.45, 2.75) is 18.9 Å². The molecule has 1 saturated heterocycles. The second kappa shape index (κ2) is 5.07. The van der Waals surface area contributed by atoms with E-state index in [-0.39, 0.29) is 41.4 Å². The zero-order valence-corrected chi connectivity index (χ0v) is 11.2. The molecule has 0 aromatic heterocycles. The molecule has 0 radical (unpaired) electrons. The van der Waals surface area contributed by atoms with Crippen molar-refractivity contribution in [2.75, 3.05) is 19.6 Å². The zero-order valence-electron chi connectivity index (χ0n) is 11.2. The standard InChI is InChI=1S/C15H19NO4/c17-10-2-3-11(14(19)5-10)15(20)8-16-6-9-1-4-13(18)12(9)7-16/h2-3,5,9,12-13,17-19H,1,4,6-8H2. The highest BCUT2D eigenvalue weighted by atomic mass is 16.3. The van der Waals surface area contributed by atoms with E-state index in [4.69, 9.17) is 0 Å².